The van der Waals surface area contributed by atoms with E-state index in [9.17, 15) is 22.0 Å². The average molecular weight is 390 g/mol. The molecule has 2 rings (SSSR count). The van der Waals surface area contributed by atoms with Gasteiger partial charge in [-0.2, -0.15) is 13.9 Å². The Morgan fingerprint density at radius 1 is 1.36 bits per heavy atom. The first-order valence-corrected chi connectivity index (χ1v) is 8.86. The summed E-state index contributed by atoms with van der Waals surface area (Å²) >= 11 is 6.03. The Kier molecular flexibility index (Phi) is 5.58. The van der Waals surface area contributed by atoms with Gasteiger partial charge in [-0.05, 0) is 25.1 Å². The molecule has 25 heavy (non-hydrogen) atoms. The lowest BCUT2D eigenvalue weighted by Crippen LogP contribution is -2.16. The highest BCUT2D eigenvalue weighted by Gasteiger charge is 2.29. The van der Waals surface area contributed by atoms with Crippen molar-refractivity contribution in [2.45, 2.75) is 17.6 Å². The van der Waals surface area contributed by atoms with Gasteiger partial charge < -0.3 is 5.32 Å². The summed E-state index contributed by atoms with van der Waals surface area (Å²) in [5.74, 6) is -4.28. The van der Waals surface area contributed by atoms with Crippen molar-refractivity contribution < 1.29 is 22.0 Å². The van der Waals surface area contributed by atoms with Gasteiger partial charge in [0.05, 0.1) is 16.3 Å². The van der Waals surface area contributed by atoms with E-state index in [0.29, 0.717) is 16.4 Å². The number of sulfone groups is 1. The maximum Gasteiger partial charge on any atom is 0.341 e. The highest BCUT2D eigenvalue weighted by Crippen LogP contribution is 2.26. The molecule has 134 valence electrons. The predicted molar refractivity (Wildman–Crippen MR) is 90.3 cm³/mol. The summed E-state index contributed by atoms with van der Waals surface area (Å²) in [4.78, 5) is 11.4. The molecule has 0 saturated carbocycles. The van der Waals surface area contributed by atoms with Crippen molar-refractivity contribution in [2.75, 3.05) is 5.32 Å². The van der Waals surface area contributed by atoms with Crippen LogP contribution in [0, 0.1) is 6.92 Å². The van der Waals surface area contributed by atoms with Gasteiger partial charge in [-0.3, -0.25) is 9.48 Å². The summed E-state index contributed by atoms with van der Waals surface area (Å²) < 4.78 is 50.2. The second kappa shape index (κ2) is 7.32. The summed E-state index contributed by atoms with van der Waals surface area (Å²) in [5.41, 5.74) is 0.886. The monoisotopic (exact) mass is 389 g/mol. The smallest absolute Gasteiger partial charge is 0.321 e. The number of aryl methyl sites for hydroxylation is 2. The molecule has 0 unspecified atom stereocenters. The first-order chi connectivity index (χ1) is 11.6. The Labute approximate surface area is 148 Å². The number of carbonyl (C=O) groups excluding carboxylic acids is 1. The molecule has 0 spiro atoms. The molecule has 0 radical (unpaired) electrons. The van der Waals surface area contributed by atoms with Crippen molar-refractivity contribution in [3.8, 4) is 0 Å². The number of alkyl halides is 2. The van der Waals surface area contributed by atoms with Crippen molar-refractivity contribution in [2.24, 2.45) is 7.05 Å². The number of para-hydroxylation sites is 1. The third kappa shape index (κ3) is 4.05. The number of benzene rings is 1. The number of hydrogen-bond acceptors (Lipinski definition) is 4. The molecule has 1 aromatic heterocycles. The minimum Gasteiger partial charge on any atom is -0.321 e. The molecule has 1 N–H and O–H groups in total. The number of nitrogens with one attached hydrogen (secondary N) is 1. The maximum absolute atomic E-state index is 12.7. The van der Waals surface area contributed by atoms with Crippen LogP contribution in [0.3, 0.4) is 0 Å². The minimum atomic E-state index is -4.84. The van der Waals surface area contributed by atoms with Crippen molar-refractivity contribution in [3.05, 3.63) is 46.8 Å². The number of aromatic nitrogens is 2. The molecule has 0 atom stereocenters. The largest absolute Gasteiger partial charge is 0.341 e. The number of nitrogens with zero attached hydrogens (tertiary/aromatic N) is 2. The van der Waals surface area contributed by atoms with Crippen LogP contribution in [0.15, 0.2) is 35.2 Å². The van der Waals surface area contributed by atoms with Gasteiger partial charge in [-0.25, -0.2) is 8.42 Å². The lowest BCUT2D eigenvalue weighted by molar-refractivity contribution is -0.111. The van der Waals surface area contributed by atoms with Crippen LogP contribution in [0.1, 0.15) is 11.3 Å². The van der Waals surface area contributed by atoms with E-state index < -0.39 is 26.4 Å². The molecule has 0 aliphatic heterocycles. The third-order valence-electron chi connectivity index (χ3n) is 3.28. The molecule has 0 bridgehead atoms. The lowest BCUT2D eigenvalue weighted by atomic mass is 10.2. The van der Waals surface area contributed by atoms with Crippen LogP contribution in [0.25, 0.3) is 6.08 Å². The van der Waals surface area contributed by atoms with Crippen LogP contribution in [-0.4, -0.2) is 29.9 Å². The molecule has 0 aliphatic rings. The highest BCUT2D eigenvalue weighted by atomic mass is 35.5. The summed E-state index contributed by atoms with van der Waals surface area (Å²) in [6.45, 7) is 1.70. The fourth-order valence-corrected chi connectivity index (χ4v) is 3.21. The zero-order chi connectivity index (χ0) is 18.8. The second-order valence-electron chi connectivity index (χ2n) is 5.04. The van der Waals surface area contributed by atoms with Crippen LogP contribution in [0.2, 0.25) is 5.15 Å². The molecule has 1 amide bonds. The second-order valence-corrected chi connectivity index (χ2v) is 7.28. The van der Waals surface area contributed by atoms with Crippen molar-refractivity contribution in [3.63, 3.8) is 0 Å². The lowest BCUT2D eigenvalue weighted by Gasteiger charge is -2.09. The number of amides is 1. The summed E-state index contributed by atoms with van der Waals surface area (Å²) in [7, 11) is -3.20. The van der Waals surface area contributed by atoms with E-state index in [1.165, 1.54) is 29.0 Å². The first kappa shape index (κ1) is 19.1. The Hall–Kier alpha value is -2.26. The molecule has 1 aromatic carbocycles. The van der Waals surface area contributed by atoms with Gasteiger partial charge in [0, 0.05) is 18.7 Å². The Bertz CT molecular complexity index is 939. The van der Waals surface area contributed by atoms with Crippen LogP contribution < -0.4 is 5.32 Å². The van der Waals surface area contributed by atoms with E-state index in [1.807, 2.05) is 0 Å². The Morgan fingerprint density at radius 3 is 2.56 bits per heavy atom. The van der Waals surface area contributed by atoms with Gasteiger partial charge in [0.2, 0.25) is 15.7 Å². The zero-order valence-electron chi connectivity index (χ0n) is 13.2. The average Bonchev–Trinajstić information content (AvgIpc) is 2.78. The molecule has 10 heteroatoms. The molecule has 1 heterocycles. The predicted octanol–water partition coefficient (Wildman–Crippen LogP) is 3.03. The van der Waals surface area contributed by atoms with E-state index >= 15 is 0 Å². The number of halogens is 3. The Balaban J connectivity index is 2.26. The minimum absolute atomic E-state index is 0.230. The van der Waals surface area contributed by atoms with E-state index in [4.69, 9.17) is 11.6 Å². The quantitative estimate of drug-likeness (QED) is 0.797. The molecule has 0 aliphatic carbocycles. The van der Waals surface area contributed by atoms with Crippen molar-refractivity contribution in [1.29, 1.82) is 0 Å². The molecule has 0 fully saturated rings. The topological polar surface area (TPSA) is 81.1 Å². The van der Waals surface area contributed by atoms with Crippen LogP contribution in [0.5, 0.6) is 0 Å². The summed E-state index contributed by atoms with van der Waals surface area (Å²) in [5, 5.41) is 6.68. The first-order valence-electron chi connectivity index (χ1n) is 6.94. The van der Waals surface area contributed by atoms with Gasteiger partial charge in [0.1, 0.15) is 5.15 Å². The molecular formula is C15H14ClF2N3O3S. The molecule has 0 saturated heterocycles. The number of carbonyl (C=O) groups is 1. The highest BCUT2D eigenvalue weighted by molar-refractivity contribution is 7.91. The summed E-state index contributed by atoms with van der Waals surface area (Å²) in [6.07, 6.45) is 2.52. The Morgan fingerprint density at radius 2 is 2.00 bits per heavy atom. The molecule has 2 aromatic rings. The number of rotatable bonds is 5. The van der Waals surface area contributed by atoms with E-state index in [-0.39, 0.29) is 5.69 Å². The van der Waals surface area contributed by atoms with E-state index in [0.717, 1.165) is 12.1 Å². The third-order valence-corrected chi connectivity index (χ3v) is 5.17. The molecular weight excluding hydrogens is 376 g/mol. The van der Waals surface area contributed by atoms with Gasteiger partial charge in [0.25, 0.3) is 0 Å². The fraction of sp³-hybridized carbons (Fsp3) is 0.200. The van der Waals surface area contributed by atoms with Gasteiger partial charge in [-0.15, -0.1) is 0 Å². The SMILES string of the molecule is Cc1nn(C)c(Cl)c1C=CC(=O)Nc1ccccc1S(=O)(=O)C(F)F. The van der Waals surface area contributed by atoms with Crippen molar-refractivity contribution >= 4 is 39.1 Å². The molecule has 6 nitrogen and oxygen atoms in total. The maximum atomic E-state index is 12.7. The van der Waals surface area contributed by atoms with Crippen LogP contribution in [-0.2, 0) is 21.7 Å². The van der Waals surface area contributed by atoms with Gasteiger partial charge >= 0.3 is 5.76 Å². The van der Waals surface area contributed by atoms with Crippen LogP contribution in [0.4, 0.5) is 14.5 Å². The number of hydrogen-bond donors (Lipinski definition) is 1. The standard InChI is InChI=1S/C15H14ClF2N3O3S/c1-9-10(14(16)21(2)20-9)7-8-13(22)19-11-5-3-4-6-12(11)25(23,24)15(17)18/h3-8,15H,1-2H3,(H,19,22). The normalized spacial score (nSPS) is 12.1. The number of anilines is 1. The van der Waals surface area contributed by atoms with Gasteiger partial charge in [0.15, 0.2) is 0 Å². The van der Waals surface area contributed by atoms with E-state index in [1.54, 1.807) is 14.0 Å². The van der Waals surface area contributed by atoms with Crippen LogP contribution >= 0.6 is 11.6 Å². The van der Waals surface area contributed by atoms with E-state index in [2.05, 4.69) is 10.4 Å². The fourth-order valence-electron chi connectivity index (χ4n) is 2.08. The van der Waals surface area contributed by atoms with Gasteiger partial charge in [-0.1, -0.05) is 23.7 Å². The summed E-state index contributed by atoms with van der Waals surface area (Å²) in [6, 6.07) is 4.94. The van der Waals surface area contributed by atoms with Crippen molar-refractivity contribution in [1.82, 2.24) is 9.78 Å². The zero-order valence-corrected chi connectivity index (χ0v) is 14.8.